The van der Waals surface area contributed by atoms with E-state index in [-0.39, 0.29) is 18.9 Å². The topological polar surface area (TPSA) is 307 Å². The van der Waals surface area contributed by atoms with Crippen molar-refractivity contribution >= 4 is 5.91 Å². The zero-order valence-electron chi connectivity index (χ0n) is 46.4. The highest BCUT2D eigenvalue weighted by Crippen LogP contribution is 2.33. The number of nitrogens with one attached hydrogen (secondary N) is 1. The molecule has 0 aromatic rings. The standard InChI is InChI=1S/C58H103NO18/c1-3-5-7-9-11-13-15-17-19-20-21-22-24-26-28-30-32-34-36-46(64)59-41(42(63)35-33-31-29-27-25-23-18-16-14-12-10-8-6-4-2)40-72-56-52(70)49(67)54(44(38-61)74-56)77-58-53(71)50(68)55(45(39-62)75-58)76-57-51(69)48(66)47(65)43(37-60)73-57/h14,16,19-20,25,27,33,35,41-45,47-58,60-63,65-71H,3-13,15,17-18,21-24,26,28-32,34,36-40H2,1-2H3,(H,59,64)/b16-14+,20-19-,27-25+,35-33+. The molecule has 17 unspecified atom stereocenters. The van der Waals surface area contributed by atoms with Crippen LogP contribution in [0.25, 0.3) is 0 Å². The second kappa shape index (κ2) is 41.7. The number of ether oxygens (including phenoxy) is 6. The van der Waals surface area contributed by atoms with Crippen molar-refractivity contribution < 1.29 is 89.4 Å². The molecular formula is C58H103NO18. The maximum atomic E-state index is 13.3. The number of carbonyl (C=O) groups excluding carboxylic acids is 1. The Labute approximate surface area is 459 Å². The molecule has 3 rings (SSSR count). The highest BCUT2D eigenvalue weighted by Gasteiger charge is 2.53. The van der Waals surface area contributed by atoms with Crippen LogP contribution in [0.5, 0.6) is 0 Å². The lowest BCUT2D eigenvalue weighted by molar-refractivity contribution is -0.379. The van der Waals surface area contributed by atoms with Crippen molar-refractivity contribution in [2.24, 2.45) is 0 Å². The van der Waals surface area contributed by atoms with E-state index in [0.29, 0.717) is 12.8 Å². The molecule has 77 heavy (non-hydrogen) atoms. The zero-order valence-corrected chi connectivity index (χ0v) is 46.4. The van der Waals surface area contributed by atoms with Gasteiger partial charge in [-0.1, -0.05) is 152 Å². The summed E-state index contributed by atoms with van der Waals surface area (Å²) >= 11 is 0. The van der Waals surface area contributed by atoms with Crippen LogP contribution in [0.1, 0.15) is 181 Å². The van der Waals surface area contributed by atoms with Gasteiger partial charge in [0.05, 0.1) is 38.6 Å². The third kappa shape index (κ3) is 26.0. The van der Waals surface area contributed by atoms with E-state index in [9.17, 15) is 61.0 Å². The molecule has 0 aromatic carbocycles. The van der Waals surface area contributed by atoms with Crippen LogP contribution in [0.15, 0.2) is 48.6 Å². The monoisotopic (exact) mass is 1100 g/mol. The Morgan fingerprint density at radius 1 is 0.455 bits per heavy atom. The summed E-state index contributed by atoms with van der Waals surface area (Å²) in [4.78, 5) is 13.3. The van der Waals surface area contributed by atoms with Crippen LogP contribution in [0.4, 0.5) is 0 Å². The molecule has 0 saturated carbocycles. The molecule has 448 valence electrons. The number of hydrogen-bond donors (Lipinski definition) is 12. The number of unbranched alkanes of at least 4 members (excludes halogenated alkanes) is 20. The second-order valence-electron chi connectivity index (χ2n) is 21.1. The zero-order chi connectivity index (χ0) is 56.2. The molecule has 3 fully saturated rings. The Morgan fingerprint density at radius 2 is 0.831 bits per heavy atom. The maximum Gasteiger partial charge on any atom is 0.220 e. The second-order valence-corrected chi connectivity index (χ2v) is 21.1. The molecular weight excluding hydrogens is 999 g/mol. The van der Waals surface area contributed by atoms with E-state index in [1.165, 1.54) is 89.9 Å². The van der Waals surface area contributed by atoms with Crippen LogP contribution >= 0.6 is 0 Å². The molecule has 0 bridgehead atoms. The highest BCUT2D eigenvalue weighted by molar-refractivity contribution is 5.76. The van der Waals surface area contributed by atoms with Crippen molar-refractivity contribution in [2.45, 2.75) is 285 Å². The van der Waals surface area contributed by atoms with Gasteiger partial charge < -0.3 is 89.9 Å². The predicted molar refractivity (Wildman–Crippen MR) is 291 cm³/mol. The van der Waals surface area contributed by atoms with Gasteiger partial charge in [0.2, 0.25) is 5.91 Å². The fourth-order valence-corrected chi connectivity index (χ4v) is 9.69. The van der Waals surface area contributed by atoms with Gasteiger partial charge in [-0.2, -0.15) is 0 Å². The van der Waals surface area contributed by atoms with Gasteiger partial charge in [0, 0.05) is 6.42 Å². The molecule has 17 atom stereocenters. The van der Waals surface area contributed by atoms with Gasteiger partial charge in [-0.05, 0) is 70.6 Å². The molecule has 19 nitrogen and oxygen atoms in total. The molecule has 12 N–H and O–H groups in total. The van der Waals surface area contributed by atoms with E-state index in [0.717, 1.165) is 57.8 Å². The molecule has 3 aliphatic rings. The number of aliphatic hydroxyl groups excluding tert-OH is 11. The Hall–Kier alpha value is -2.25. The van der Waals surface area contributed by atoms with Gasteiger partial charge in [-0.25, -0.2) is 0 Å². The third-order valence-electron chi connectivity index (χ3n) is 14.6. The van der Waals surface area contributed by atoms with Crippen LogP contribution in [-0.4, -0.2) is 193 Å². The van der Waals surface area contributed by atoms with Crippen molar-refractivity contribution in [3.63, 3.8) is 0 Å². The summed E-state index contributed by atoms with van der Waals surface area (Å²) in [5, 5.41) is 120. The largest absolute Gasteiger partial charge is 0.394 e. The summed E-state index contributed by atoms with van der Waals surface area (Å²) < 4.78 is 34.2. The van der Waals surface area contributed by atoms with Crippen molar-refractivity contribution in [1.29, 1.82) is 0 Å². The summed E-state index contributed by atoms with van der Waals surface area (Å²) in [5.74, 6) is -0.297. The van der Waals surface area contributed by atoms with Crippen molar-refractivity contribution in [3.8, 4) is 0 Å². The Bertz CT molecular complexity index is 1600. The SMILES string of the molecule is CCCCCC/C=C/CC/C=C/CC/C=C/C(O)C(COC1OC(CO)C(OC2OC(CO)C(OC3OC(CO)C(O)C(O)C3O)C(O)C2O)C(O)C1O)NC(=O)CCCCCCCCC/C=C\CCCCCCCCC. The van der Waals surface area contributed by atoms with Gasteiger partial charge in [-0.15, -0.1) is 0 Å². The lowest BCUT2D eigenvalue weighted by Gasteiger charge is -2.48. The third-order valence-corrected chi connectivity index (χ3v) is 14.6. The number of allylic oxidation sites excluding steroid dienone is 7. The minimum Gasteiger partial charge on any atom is -0.394 e. The number of aliphatic hydroxyl groups is 11. The van der Waals surface area contributed by atoms with Crippen LogP contribution in [0.3, 0.4) is 0 Å². The van der Waals surface area contributed by atoms with Gasteiger partial charge in [0.1, 0.15) is 73.2 Å². The maximum absolute atomic E-state index is 13.3. The fraction of sp³-hybridized carbons (Fsp3) is 0.845. The summed E-state index contributed by atoms with van der Waals surface area (Å²) in [6, 6.07) is -0.997. The molecule has 0 spiro atoms. The number of amides is 1. The minimum atomic E-state index is -1.98. The van der Waals surface area contributed by atoms with Gasteiger partial charge >= 0.3 is 0 Å². The summed E-state index contributed by atoms with van der Waals surface area (Å²) in [5.41, 5.74) is 0. The molecule has 1 amide bonds. The molecule has 3 heterocycles. The van der Waals surface area contributed by atoms with Crippen LogP contribution in [-0.2, 0) is 33.2 Å². The van der Waals surface area contributed by atoms with Crippen molar-refractivity contribution in [3.05, 3.63) is 48.6 Å². The smallest absolute Gasteiger partial charge is 0.220 e. The quantitative estimate of drug-likeness (QED) is 0.0291. The van der Waals surface area contributed by atoms with Crippen LogP contribution < -0.4 is 5.32 Å². The van der Waals surface area contributed by atoms with Crippen molar-refractivity contribution in [2.75, 3.05) is 26.4 Å². The number of carbonyl (C=O) groups is 1. The first-order valence-corrected chi connectivity index (χ1v) is 29.4. The van der Waals surface area contributed by atoms with E-state index in [1.807, 2.05) is 6.08 Å². The first-order valence-electron chi connectivity index (χ1n) is 29.4. The molecule has 3 aliphatic heterocycles. The van der Waals surface area contributed by atoms with E-state index >= 15 is 0 Å². The predicted octanol–water partition coefficient (Wildman–Crippen LogP) is 4.70. The van der Waals surface area contributed by atoms with E-state index in [2.05, 4.69) is 55.6 Å². The first-order chi connectivity index (χ1) is 37.3. The van der Waals surface area contributed by atoms with Crippen LogP contribution in [0, 0.1) is 0 Å². The first kappa shape index (κ1) is 69.0. The van der Waals surface area contributed by atoms with E-state index in [1.54, 1.807) is 6.08 Å². The minimum absolute atomic E-state index is 0.226. The van der Waals surface area contributed by atoms with E-state index < -0.39 is 124 Å². The Balaban J connectivity index is 1.53. The highest BCUT2D eigenvalue weighted by atomic mass is 16.8. The van der Waals surface area contributed by atoms with Gasteiger partial charge in [0.25, 0.3) is 0 Å². The summed E-state index contributed by atoms with van der Waals surface area (Å²) in [7, 11) is 0. The molecule has 0 aliphatic carbocycles. The Morgan fingerprint density at radius 3 is 1.31 bits per heavy atom. The number of rotatable bonds is 42. The van der Waals surface area contributed by atoms with Gasteiger partial charge in [0.15, 0.2) is 18.9 Å². The normalized spacial score (nSPS) is 31.1. The lowest BCUT2D eigenvalue weighted by Crippen LogP contribution is -2.66. The molecule has 0 aromatic heterocycles. The summed E-state index contributed by atoms with van der Waals surface area (Å²) in [6.07, 6.45) is 18.1. The average Bonchev–Trinajstić information content (AvgIpc) is 3.43. The Kier molecular flexibility index (Phi) is 37.4. The van der Waals surface area contributed by atoms with Gasteiger partial charge in [-0.3, -0.25) is 4.79 Å². The van der Waals surface area contributed by atoms with Crippen LogP contribution in [0.2, 0.25) is 0 Å². The number of hydrogen-bond acceptors (Lipinski definition) is 18. The molecule has 0 radical (unpaired) electrons. The average molecular weight is 1100 g/mol. The van der Waals surface area contributed by atoms with Crippen molar-refractivity contribution in [1.82, 2.24) is 5.32 Å². The van der Waals surface area contributed by atoms with E-state index in [4.69, 9.17) is 28.4 Å². The summed E-state index contributed by atoms with van der Waals surface area (Å²) in [6.45, 7) is 1.65. The fourth-order valence-electron chi connectivity index (χ4n) is 9.69. The molecule has 19 heteroatoms. The molecule has 3 saturated heterocycles. The lowest BCUT2D eigenvalue weighted by atomic mass is 9.96.